The molecule has 8 nitrogen and oxygen atoms in total. The van der Waals surface area contributed by atoms with Gasteiger partial charge < -0.3 is 23.4 Å². The Balaban J connectivity index is 1.82. The van der Waals surface area contributed by atoms with Crippen molar-refractivity contribution in [3.05, 3.63) is 144 Å². The van der Waals surface area contributed by atoms with E-state index in [1.54, 1.807) is 24.3 Å². The fraction of sp³-hybridized carbons (Fsp3) is 0.415. The number of hydrogen-bond acceptors (Lipinski definition) is 8. The van der Waals surface area contributed by atoms with Crippen LogP contribution in [0.5, 0.6) is 0 Å². The molecule has 0 saturated heterocycles. The second kappa shape index (κ2) is 20.0. The first-order valence-electron chi connectivity index (χ1n) is 17.8. The molecule has 4 rings (SSSR count). The summed E-state index contributed by atoms with van der Waals surface area (Å²) in [6.07, 6.45) is -4.57. The number of rotatable bonds is 21. The highest BCUT2D eigenvalue weighted by Crippen LogP contribution is 2.37. The standard InChI is InChI=1S/C41H51F3O8SSi/c1-40(2,3)54(4,5)52-31-37(48-27-33-20-12-7-13-21-33)39(50-29-35-24-16-9-17-25-35)38(49-28-34-22-14-8-15-23-34)36(30-51-53(45,46)41(42,43)44)47-26-32-18-10-6-11-19-32/h6-25,36-39H,26-31H2,1-5H3/t36-,37-,38-,39-/m1/s1. The second-order valence-electron chi connectivity index (χ2n) is 14.4. The van der Waals surface area contributed by atoms with Gasteiger partial charge in [-0.2, -0.15) is 21.6 Å². The van der Waals surface area contributed by atoms with Crippen molar-refractivity contribution in [3.8, 4) is 0 Å². The van der Waals surface area contributed by atoms with E-state index in [1.165, 1.54) is 0 Å². The third kappa shape index (κ3) is 13.4. The van der Waals surface area contributed by atoms with Crippen molar-refractivity contribution in [3.63, 3.8) is 0 Å². The Labute approximate surface area is 318 Å². The van der Waals surface area contributed by atoms with Crippen molar-refractivity contribution in [1.82, 2.24) is 0 Å². The van der Waals surface area contributed by atoms with Crippen LogP contribution in [0.1, 0.15) is 43.0 Å². The molecule has 0 bridgehead atoms. The molecule has 0 aromatic heterocycles. The lowest BCUT2D eigenvalue weighted by Crippen LogP contribution is -2.54. The summed E-state index contributed by atoms with van der Waals surface area (Å²) in [6.45, 7) is 9.68. The minimum atomic E-state index is -6.00. The molecule has 0 aliphatic rings. The van der Waals surface area contributed by atoms with Gasteiger partial charge in [0.1, 0.15) is 24.4 Å². The van der Waals surface area contributed by atoms with Gasteiger partial charge in [0.2, 0.25) is 0 Å². The van der Waals surface area contributed by atoms with Crippen molar-refractivity contribution in [2.24, 2.45) is 0 Å². The zero-order valence-electron chi connectivity index (χ0n) is 31.4. The summed E-state index contributed by atoms with van der Waals surface area (Å²) in [7, 11) is -8.40. The Bertz CT molecular complexity index is 1760. The minimum Gasteiger partial charge on any atom is -0.414 e. The lowest BCUT2D eigenvalue weighted by atomic mass is 10.0. The van der Waals surface area contributed by atoms with Gasteiger partial charge >= 0.3 is 15.6 Å². The zero-order chi connectivity index (χ0) is 39.2. The summed E-state index contributed by atoms with van der Waals surface area (Å²) in [6, 6.07) is 37.0. The van der Waals surface area contributed by atoms with Crippen molar-refractivity contribution in [1.29, 1.82) is 0 Å². The molecule has 0 radical (unpaired) electrons. The van der Waals surface area contributed by atoms with E-state index in [-0.39, 0.29) is 38.1 Å². The normalized spacial score (nSPS) is 15.0. The molecule has 4 aromatic carbocycles. The highest BCUT2D eigenvalue weighted by atomic mass is 32.2. The van der Waals surface area contributed by atoms with Crippen LogP contribution in [0.2, 0.25) is 18.1 Å². The zero-order valence-corrected chi connectivity index (χ0v) is 33.2. The largest absolute Gasteiger partial charge is 0.523 e. The quantitative estimate of drug-likeness (QED) is 0.0469. The summed E-state index contributed by atoms with van der Waals surface area (Å²) in [5.74, 6) is 0. The number of halogens is 3. The third-order valence-electron chi connectivity index (χ3n) is 9.33. The third-order valence-corrected chi connectivity index (χ3v) is 14.8. The Kier molecular flexibility index (Phi) is 16.0. The molecule has 0 N–H and O–H groups in total. The molecule has 0 saturated carbocycles. The molecule has 0 spiro atoms. The van der Waals surface area contributed by atoms with E-state index < -0.39 is 55.0 Å². The average Bonchev–Trinajstić information content (AvgIpc) is 3.14. The average molecular weight is 789 g/mol. The molecular formula is C41H51F3O8SSi. The van der Waals surface area contributed by atoms with Crippen LogP contribution in [-0.2, 0) is 64.1 Å². The van der Waals surface area contributed by atoms with Crippen molar-refractivity contribution >= 4 is 18.4 Å². The summed E-state index contributed by atoms with van der Waals surface area (Å²) in [5, 5.41) is -0.165. The first-order valence-corrected chi connectivity index (χ1v) is 22.1. The maximum Gasteiger partial charge on any atom is 0.523 e. The predicted octanol–water partition coefficient (Wildman–Crippen LogP) is 9.22. The first kappa shape index (κ1) is 43.3. The van der Waals surface area contributed by atoms with Gasteiger partial charge in [0.25, 0.3) is 0 Å². The van der Waals surface area contributed by atoms with Crippen molar-refractivity contribution in [2.45, 2.75) is 95.3 Å². The second-order valence-corrected chi connectivity index (χ2v) is 20.9. The van der Waals surface area contributed by atoms with Gasteiger partial charge in [-0.15, -0.1) is 0 Å². The van der Waals surface area contributed by atoms with E-state index in [0.717, 1.165) is 16.7 Å². The molecule has 13 heteroatoms. The topological polar surface area (TPSA) is 89.5 Å². The van der Waals surface area contributed by atoms with E-state index >= 15 is 0 Å². The monoisotopic (exact) mass is 788 g/mol. The summed E-state index contributed by atoms with van der Waals surface area (Å²) >= 11 is 0. The van der Waals surface area contributed by atoms with E-state index in [4.69, 9.17) is 23.4 Å². The Morgan fingerprint density at radius 1 is 0.537 bits per heavy atom. The van der Waals surface area contributed by atoms with E-state index in [2.05, 4.69) is 38.0 Å². The summed E-state index contributed by atoms with van der Waals surface area (Å²) in [5.41, 5.74) is -2.51. The van der Waals surface area contributed by atoms with Crippen molar-refractivity contribution in [2.75, 3.05) is 13.2 Å². The van der Waals surface area contributed by atoms with Crippen molar-refractivity contribution < 1.29 is 49.1 Å². The lowest BCUT2D eigenvalue weighted by molar-refractivity contribution is -0.200. The molecule has 294 valence electrons. The molecule has 0 fully saturated rings. The number of hydrogen-bond donors (Lipinski definition) is 0. The van der Waals surface area contributed by atoms with E-state index in [0.29, 0.717) is 5.56 Å². The Morgan fingerprint density at radius 3 is 1.17 bits per heavy atom. The van der Waals surface area contributed by atoms with Gasteiger partial charge in [-0.3, -0.25) is 4.18 Å². The minimum absolute atomic E-state index is 0.0115. The summed E-state index contributed by atoms with van der Waals surface area (Å²) < 4.78 is 103. The Morgan fingerprint density at radius 2 is 0.852 bits per heavy atom. The van der Waals surface area contributed by atoms with Gasteiger partial charge in [0.05, 0.1) is 39.6 Å². The smallest absolute Gasteiger partial charge is 0.414 e. The van der Waals surface area contributed by atoms with Gasteiger partial charge in [-0.05, 0) is 40.4 Å². The molecule has 4 atom stereocenters. The summed E-state index contributed by atoms with van der Waals surface area (Å²) in [4.78, 5) is 0. The maximum absolute atomic E-state index is 13.6. The molecule has 4 aromatic rings. The van der Waals surface area contributed by atoms with E-state index in [9.17, 15) is 21.6 Å². The Hall–Kier alpha value is -3.40. The fourth-order valence-corrected chi connectivity index (χ4v) is 6.58. The van der Waals surface area contributed by atoms with Crippen LogP contribution in [0.3, 0.4) is 0 Å². The van der Waals surface area contributed by atoms with Crippen LogP contribution < -0.4 is 0 Å². The molecule has 0 amide bonds. The lowest BCUT2D eigenvalue weighted by Gasteiger charge is -2.41. The van der Waals surface area contributed by atoms with Gasteiger partial charge in [-0.1, -0.05) is 142 Å². The maximum atomic E-state index is 13.6. The van der Waals surface area contributed by atoms with E-state index in [1.807, 2.05) is 97.1 Å². The van der Waals surface area contributed by atoms with Gasteiger partial charge in [0.15, 0.2) is 8.32 Å². The van der Waals surface area contributed by atoms with Crippen LogP contribution in [0.25, 0.3) is 0 Å². The fourth-order valence-electron chi connectivity index (χ4n) is 5.12. The SMILES string of the molecule is CC(C)(C)[Si](C)(C)OC[C@@H](OCc1ccccc1)[C@@H](OCc1ccccc1)[C@H](OCc1ccccc1)[C@@H](COS(=O)(=O)C(F)(F)F)OCc1ccccc1. The van der Waals surface area contributed by atoms with Gasteiger partial charge in [-0.25, -0.2) is 0 Å². The van der Waals surface area contributed by atoms with Crippen LogP contribution >= 0.6 is 0 Å². The molecule has 0 aliphatic carbocycles. The first-order chi connectivity index (χ1) is 25.6. The number of alkyl halides is 3. The van der Waals surface area contributed by atoms with Crippen LogP contribution in [-0.4, -0.2) is 59.9 Å². The molecule has 0 unspecified atom stereocenters. The molecule has 0 heterocycles. The highest BCUT2D eigenvalue weighted by molar-refractivity contribution is 7.87. The molecular weight excluding hydrogens is 738 g/mol. The number of ether oxygens (including phenoxy) is 4. The van der Waals surface area contributed by atoms with Crippen LogP contribution in [0.15, 0.2) is 121 Å². The van der Waals surface area contributed by atoms with Gasteiger partial charge in [0, 0.05) is 0 Å². The molecule has 54 heavy (non-hydrogen) atoms. The highest BCUT2D eigenvalue weighted by Gasteiger charge is 2.49. The molecule has 0 aliphatic heterocycles. The predicted molar refractivity (Wildman–Crippen MR) is 204 cm³/mol. The van der Waals surface area contributed by atoms with Crippen LogP contribution in [0, 0.1) is 0 Å². The number of benzene rings is 4. The van der Waals surface area contributed by atoms with Crippen LogP contribution in [0.4, 0.5) is 13.2 Å².